The first kappa shape index (κ1) is 14.4. The largest absolute Gasteiger partial charge is 0.117 e. The summed E-state index contributed by atoms with van der Waals surface area (Å²) >= 11 is 12.8. The van der Waals surface area contributed by atoms with Crippen LogP contribution in [-0.4, -0.2) is 0 Å². The molecule has 0 saturated heterocycles. The molecule has 0 fully saturated rings. The van der Waals surface area contributed by atoms with Crippen molar-refractivity contribution in [2.75, 3.05) is 0 Å². The third kappa shape index (κ3) is 3.07. The third-order valence-electron chi connectivity index (χ3n) is 3.84. The third-order valence-corrected chi connectivity index (χ3v) is 4.65. The minimum Gasteiger partial charge on any atom is -0.117 e. The molecular weight excluding hydrogens is 299 g/mol. The van der Waals surface area contributed by atoms with Crippen LogP contribution in [0.2, 0.25) is 5.02 Å². The van der Waals surface area contributed by atoms with Crippen molar-refractivity contribution in [2.24, 2.45) is 0 Å². The lowest BCUT2D eigenvalue weighted by Gasteiger charge is -2.13. The molecule has 0 spiro atoms. The molecule has 1 atom stereocenters. The molecule has 3 rings (SSSR count). The van der Waals surface area contributed by atoms with Gasteiger partial charge in [-0.15, -0.1) is 11.6 Å². The van der Waals surface area contributed by atoms with E-state index in [4.69, 9.17) is 23.2 Å². The van der Waals surface area contributed by atoms with Gasteiger partial charge in [-0.3, -0.25) is 0 Å². The summed E-state index contributed by atoms with van der Waals surface area (Å²) in [6.07, 6.45) is 0.794. The van der Waals surface area contributed by atoms with Crippen LogP contribution < -0.4 is 0 Å². The minimum absolute atomic E-state index is 0.0751. The van der Waals surface area contributed by atoms with Gasteiger partial charge in [-0.25, -0.2) is 0 Å². The molecule has 0 aliphatic heterocycles. The highest BCUT2D eigenvalue weighted by Gasteiger charge is 2.12. The fourth-order valence-electron chi connectivity index (χ4n) is 2.59. The number of halogens is 2. The molecule has 106 valence electrons. The SMILES string of the molecule is Cc1ccc(C(Cl)Cc2cccc3ccccc23)cc1Cl. The number of fused-ring (bicyclic) bond motifs is 1. The summed E-state index contributed by atoms with van der Waals surface area (Å²) in [6.45, 7) is 2.00. The van der Waals surface area contributed by atoms with Crippen LogP contribution in [0, 0.1) is 6.92 Å². The predicted molar refractivity (Wildman–Crippen MR) is 92.4 cm³/mol. The first-order valence-electron chi connectivity index (χ1n) is 7.02. The first-order chi connectivity index (χ1) is 10.1. The van der Waals surface area contributed by atoms with Gasteiger partial charge in [-0.2, -0.15) is 0 Å². The lowest BCUT2D eigenvalue weighted by molar-refractivity contribution is 0.927. The minimum atomic E-state index is -0.0751. The molecule has 1 unspecified atom stereocenters. The highest BCUT2D eigenvalue weighted by atomic mass is 35.5. The molecule has 0 saturated carbocycles. The molecule has 0 aromatic heterocycles. The Kier molecular flexibility index (Phi) is 4.19. The smallest absolute Gasteiger partial charge is 0.0626 e. The summed E-state index contributed by atoms with van der Waals surface area (Å²) in [6, 6.07) is 20.8. The van der Waals surface area contributed by atoms with Crippen molar-refractivity contribution >= 4 is 34.0 Å². The summed E-state index contributed by atoms with van der Waals surface area (Å²) in [5.74, 6) is 0. The molecule has 21 heavy (non-hydrogen) atoms. The Morgan fingerprint density at radius 1 is 0.952 bits per heavy atom. The average molecular weight is 315 g/mol. The van der Waals surface area contributed by atoms with Crippen LogP contribution in [-0.2, 0) is 6.42 Å². The summed E-state index contributed by atoms with van der Waals surface area (Å²) in [4.78, 5) is 0. The van der Waals surface area contributed by atoms with E-state index in [0.717, 1.165) is 22.6 Å². The van der Waals surface area contributed by atoms with E-state index in [1.165, 1.54) is 16.3 Å². The maximum Gasteiger partial charge on any atom is 0.0626 e. The summed E-state index contributed by atoms with van der Waals surface area (Å²) < 4.78 is 0. The molecule has 0 N–H and O–H groups in total. The Morgan fingerprint density at radius 3 is 2.52 bits per heavy atom. The number of aryl methyl sites for hydroxylation is 1. The van der Waals surface area contributed by atoms with Gasteiger partial charge in [-0.05, 0) is 46.9 Å². The van der Waals surface area contributed by atoms with E-state index < -0.39 is 0 Å². The standard InChI is InChI=1S/C19H16Cl2/c1-13-9-10-16(12-18(13)20)19(21)11-15-7-4-6-14-5-2-3-8-17(14)15/h2-10,12,19H,11H2,1H3. The van der Waals surface area contributed by atoms with E-state index in [2.05, 4.69) is 48.5 Å². The average Bonchev–Trinajstić information content (AvgIpc) is 2.50. The normalized spacial score (nSPS) is 12.5. The van der Waals surface area contributed by atoms with Crippen LogP contribution in [0.25, 0.3) is 10.8 Å². The molecule has 0 amide bonds. The molecule has 0 aliphatic carbocycles. The highest BCUT2D eigenvalue weighted by molar-refractivity contribution is 6.31. The van der Waals surface area contributed by atoms with Gasteiger partial charge < -0.3 is 0 Å². The number of benzene rings is 3. The highest BCUT2D eigenvalue weighted by Crippen LogP contribution is 2.30. The van der Waals surface area contributed by atoms with E-state index in [0.29, 0.717) is 0 Å². The number of rotatable bonds is 3. The lowest BCUT2D eigenvalue weighted by Crippen LogP contribution is -1.97. The molecular formula is C19H16Cl2. The lowest BCUT2D eigenvalue weighted by atomic mass is 9.98. The summed E-state index contributed by atoms with van der Waals surface area (Å²) in [7, 11) is 0. The number of hydrogen-bond donors (Lipinski definition) is 0. The van der Waals surface area contributed by atoms with Crippen LogP contribution in [0.1, 0.15) is 22.1 Å². The summed E-state index contributed by atoms with van der Waals surface area (Å²) in [5.41, 5.74) is 3.42. The van der Waals surface area contributed by atoms with E-state index >= 15 is 0 Å². The van der Waals surface area contributed by atoms with Crippen LogP contribution in [0.15, 0.2) is 60.7 Å². The van der Waals surface area contributed by atoms with Gasteiger partial charge in [0.15, 0.2) is 0 Å². The predicted octanol–water partition coefficient (Wildman–Crippen LogP) is 6.32. The second-order valence-corrected chi connectivity index (χ2v) is 6.25. The molecule has 2 heteroatoms. The van der Waals surface area contributed by atoms with Crippen molar-refractivity contribution < 1.29 is 0 Å². The maximum absolute atomic E-state index is 6.61. The second kappa shape index (κ2) is 6.09. The number of hydrogen-bond acceptors (Lipinski definition) is 0. The Bertz CT molecular complexity index is 772. The van der Waals surface area contributed by atoms with Gasteiger partial charge in [0.1, 0.15) is 0 Å². The van der Waals surface area contributed by atoms with Gasteiger partial charge in [0.05, 0.1) is 5.38 Å². The van der Waals surface area contributed by atoms with Crippen LogP contribution >= 0.6 is 23.2 Å². The van der Waals surface area contributed by atoms with Gasteiger partial charge >= 0.3 is 0 Å². The molecule has 0 radical (unpaired) electrons. The quantitative estimate of drug-likeness (QED) is 0.496. The van der Waals surface area contributed by atoms with Gasteiger partial charge in [0, 0.05) is 5.02 Å². The fourth-order valence-corrected chi connectivity index (χ4v) is 3.08. The van der Waals surface area contributed by atoms with Crippen molar-refractivity contribution in [1.82, 2.24) is 0 Å². The van der Waals surface area contributed by atoms with E-state index in [1.54, 1.807) is 0 Å². The molecule has 3 aromatic carbocycles. The Morgan fingerprint density at radius 2 is 1.71 bits per heavy atom. The van der Waals surface area contributed by atoms with E-state index in [9.17, 15) is 0 Å². The molecule has 0 heterocycles. The Balaban J connectivity index is 1.92. The van der Waals surface area contributed by atoms with Crippen LogP contribution in [0.4, 0.5) is 0 Å². The fraction of sp³-hybridized carbons (Fsp3) is 0.158. The molecule has 0 nitrogen and oxygen atoms in total. The van der Waals surface area contributed by atoms with Crippen molar-refractivity contribution in [3.8, 4) is 0 Å². The molecule has 0 aliphatic rings. The van der Waals surface area contributed by atoms with Crippen LogP contribution in [0.3, 0.4) is 0 Å². The number of alkyl halides is 1. The van der Waals surface area contributed by atoms with Crippen molar-refractivity contribution in [2.45, 2.75) is 18.7 Å². The topological polar surface area (TPSA) is 0 Å². The Hall–Kier alpha value is -1.50. The van der Waals surface area contributed by atoms with E-state index in [1.807, 2.05) is 19.1 Å². The molecule has 3 aromatic rings. The zero-order valence-corrected chi connectivity index (χ0v) is 13.3. The van der Waals surface area contributed by atoms with Gasteiger partial charge in [-0.1, -0.05) is 66.2 Å². The van der Waals surface area contributed by atoms with Crippen molar-refractivity contribution in [1.29, 1.82) is 0 Å². The second-order valence-electron chi connectivity index (χ2n) is 5.32. The van der Waals surface area contributed by atoms with Crippen LogP contribution in [0.5, 0.6) is 0 Å². The summed E-state index contributed by atoms with van der Waals surface area (Å²) in [5, 5.41) is 3.22. The zero-order chi connectivity index (χ0) is 14.8. The zero-order valence-electron chi connectivity index (χ0n) is 11.8. The van der Waals surface area contributed by atoms with Gasteiger partial charge in [0.2, 0.25) is 0 Å². The van der Waals surface area contributed by atoms with E-state index in [-0.39, 0.29) is 5.38 Å². The molecule has 0 bridgehead atoms. The Labute approximate surface area is 135 Å². The first-order valence-corrected chi connectivity index (χ1v) is 7.83. The van der Waals surface area contributed by atoms with Gasteiger partial charge in [0.25, 0.3) is 0 Å². The van der Waals surface area contributed by atoms with Crippen molar-refractivity contribution in [3.05, 3.63) is 82.4 Å². The maximum atomic E-state index is 6.61. The van der Waals surface area contributed by atoms with Crippen molar-refractivity contribution in [3.63, 3.8) is 0 Å². The monoisotopic (exact) mass is 314 g/mol.